The molecule has 11 nitrogen and oxygen atoms in total. The zero-order valence-corrected chi connectivity index (χ0v) is 21.7. The van der Waals surface area contributed by atoms with Crippen LogP contribution < -0.4 is 21.3 Å². The van der Waals surface area contributed by atoms with E-state index in [0.717, 1.165) is 12.1 Å². The molecule has 4 rings (SSSR count). The van der Waals surface area contributed by atoms with Crippen LogP contribution in [-0.2, 0) is 4.79 Å². The predicted molar refractivity (Wildman–Crippen MR) is 149 cm³/mol. The number of aryl methyl sites for hydroxylation is 1. The first-order valence-electron chi connectivity index (χ1n) is 11.9. The third kappa shape index (κ3) is 6.24. The van der Waals surface area contributed by atoms with Gasteiger partial charge in [0.15, 0.2) is 5.82 Å². The molecule has 4 aromatic rings. The molecule has 2 aromatic carbocycles. The number of benzene rings is 2. The topological polar surface area (TPSA) is 120 Å². The molecule has 0 saturated carbocycles. The van der Waals surface area contributed by atoms with Crippen LogP contribution in [0.4, 0.5) is 34.4 Å². The number of aromatic nitrogens is 3. The maximum atomic E-state index is 12.6. The Kier molecular flexibility index (Phi) is 7.84. The number of hydrogen-bond donors (Lipinski definition) is 4. The first-order chi connectivity index (χ1) is 18.2. The molecule has 2 heterocycles. The molecule has 0 fully saturated rings. The zero-order valence-electron chi connectivity index (χ0n) is 21.7. The van der Waals surface area contributed by atoms with E-state index in [-0.39, 0.29) is 17.6 Å². The average Bonchev–Trinajstić information content (AvgIpc) is 3.29. The van der Waals surface area contributed by atoms with Gasteiger partial charge in [-0.2, -0.15) is 0 Å². The van der Waals surface area contributed by atoms with Crippen molar-refractivity contribution in [3.63, 3.8) is 0 Å². The number of nitrogens with one attached hydrogen (secondary N) is 4. The number of likely N-dealkylation sites (N-methyl/N-ethyl adjacent to an activating group) is 1. The summed E-state index contributed by atoms with van der Waals surface area (Å²) >= 11 is 0. The van der Waals surface area contributed by atoms with Crippen LogP contribution in [0.25, 0.3) is 10.5 Å². The molecular formula is C27H29N9O2. The Morgan fingerprint density at radius 2 is 1.84 bits per heavy atom. The van der Waals surface area contributed by atoms with Crippen molar-refractivity contribution in [2.45, 2.75) is 13.8 Å². The lowest BCUT2D eigenvalue weighted by Crippen LogP contribution is -2.31. The molecule has 0 radical (unpaired) electrons. The quantitative estimate of drug-likeness (QED) is 0.247. The van der Waals surface area contributed by atoms with Gasteiger partial charge in [-0.25, -0.2) is 4.98 Å². The predicted octanol–water partition coefficient (Wildman–Crippen LogP) is 4.33. The van der Waals surface area contributed by atoms with Crippen LogP contribution >= 0.6 is 0 Å². The van der Waals surface area contributed by atoms with E-state index in [1.165, 1.54) is 17.6 Å². The Labute approximate surface area is 220 Å². The Morgan fingerprint density at radius 3 is 2.58 bits per heavy atom. The fraction of sp³-hybridized carbons (Fsp3) is 0.222. The van der Waals surface area contributed by atoms with Gasteiger partial charge in [0.1, 0.15) is 5.69 Å². The summed E-state index contributed by atoms with van der Waals surface area (Å²) in [6, 6.07) is 14.5. The highest BCUT2D eigenvalue weighted by atomic mass is 16.2. The minimum absolute atomic E-state index is 0.162. The molecule has 4 N–H and O–H groups in total. The molecule has 11 heteroatoms. The molecule has 0 bridgehead atoms. The number of fused-ring (bicyclic) bond motifs is 1. The van der Waals surface area contributed by atoms with Gasteiger partial charge >= 0.3 is 0 Å². The molecule has 0 spiro atoms. The van der Waals surface area contributed by atoms with E-state index in [2.05, 4.69) is 36.2 Å². The van der Waals surface area contributed by atoms with E-state index >= 15 is 0 Å². The maximum Gasteiger partial charge on any atom is 0.275 e. The van der Waals surface area contributed by atoms with Gasteiger partial charge in [-0.3, -0.25) is 9.59 Å². The summed E-state index contributed by atoms with van der Waals surface area (Å²) in [7, 11) is 3.90. The molecule has 2 amide bonds. The molecule has 0 saturated heterocycles. The van der Waals surface area contributed by atoms with Gasteiger partial charge in [0.25, 0.3) is 17.4 Å². The van der Waals surface area contributed by atoms with Gasteiger partial charge in [0.05, 0.1) is 6.20 Å². The molecule has 0 unspecified atom stereocenters. The fourth-order valence-electron chi connectivity index (χ4n) is 3.75. The number of imidazole rings is 1. The summed E-state index contributed by atoms with van der Waals surface area (Å²) in [5.74, 6) is 0.384. The summed E-state index contributed by atoms with van der Waals surface area (Å²) in [6.45, 7) is 12.1. The van der Waals surface area contributed by atoms with E-state index < -0.39 is 0 Å². The fourth-order valence-corrected chi connectivity index (χ4v) is 3.75. The number of carbonyl (C=O) groups excluding carboxylic acids is 2. The summed E-state index contributed by atoms with van der Waals surface area (Å²) < 4.78 is 1.46. The summed E-state index contributed by atoms with van der Waals surface area (Å²) in [5, 5.41) is 16.8. The van der Waals surface area contributed by atoms with Crippen LogP contribution in [0.2, 0.25) is 0 Å². The Balaban J connectivity index is 1.64. The third-order valence-electron chi connectivity index (χ3n) is 5.63. The normalized spacial score (nSPS) is 10.7. The van der Waals surface area contributed by atoms with Crippen molar-refractivity contribution in [2.24, 2.45) is 0 Å². The zero-order chi connectivity index (χ0) is 27.2. The second-order valence-corrected chi connectivity index (χ2v) is 9.01. The number of nitrogens with zero attached hydrogens (tertiary/aromatic N) is 5. The van der Waals surface area contributed by atoms with Crippen LogP contribution in [0.5, 0.6) is 0 Å². The average molecular weight is 512 g/mol. The van der Waals surface area contributed by atoms with Crippen LogP contribution in [0.15, 0.2) is 54.7 Å². The molecule has 194 valence electrons. The van der Waals surface area contributed by atoms with Gasteiger partial charge in [-0.15, -0.1) is 4.52 Å². The monoisotopic (exact) mass is 511 g/mol. The van der Waals surface area contributed by atoms with Crippen LogP contribution in [0.3, 0.4) is 0 Å². The third-order valence-corrected chi connectivity index (χ3v) is 5.63. The number of anilines is 5. The minimum atomic E-state index is -0.164. The van der Waals surface area contributed by atoms with Crippen molar-refractivity contribution >= 4 is 51.8 Å². The van der Waals surface area contributed by atoms with Crippen LogP contribution in [-0.4, -0.2) is 58.5 Å². The highest BCUT2D eigenvalue weighted by Crippen LogP contribution is 2.29. The first kappa shape index (κ1) is 26.1. The standard InChI is InChI=1S/C27H29N9O2/c1-17-9-10-21(14-22(17)31-18(2)37)33-24-15-23(26-30-16-25(28-3)36(26)34-24)32-20-8-6-7-19(13-20)27(38)29-11-12-35(4)5/h6-10,13-16,32H,11-12H2,1-2,4-5H3,(H,29,38)(H,31,37)(H,33,34). The van der Waals surface area contributed by atoms with Gasteiger partial charge in [-0.05, 0) is 56.9 Å². The van der Waals surface area contributed by atoms with Gasteiger partial charge in [0.2, 0.25) is 5.91 Å². The molecule has 0 aliphatic heterocycles. The second-order valence-electron chi connectivity index (χ2n) is 9.01. The maximum absolute atomic E-state index is 12.6. The van der Waals surface area contributed by atoms with E-state index in [1.54, 1.807) is 24.3 Å². The summed E-state index contributed by atoms with van der Waals surface area (Å²) in [6.07, 6.45) is 1.46. The van der Waals surface area contributed by atoms with E-state index in [4.69, 9.17) is 6.57 Å². The van der Waals surface area contributed by atoms with Crippen LogP contribution in [0, 0.1) is 13.5 Å². The smallest absolute Gasteiger partial charge is 0.275 e. The number of rotatable bonds is 9. The highest BCUT2D eigenvalue weighted by molar-refractivity contribution is 5.95. The molecule has 0 atom stereocenters. The van der Waals surface area contributed by atoms with Crippen molar-refractivity contribution in [3.05, 3.63) is 77.3 Å². The van der Waals surface area contributed by atoms with Crippen LogP contribution in [0.1, 0.15) is 22.8 Å². The summed E-state index contributed by atoms with van der Waals surface area (Å²) in [5.41, 5.74) is 4.58. The number of carbonyl (C=O) groups is 2. The first-order valence-corrected chi connectivity index (χ1v) is 11.9. The van der Waals surface area contributed by atoms with Gasteiger partial charge in [-0.1, -0.05) is 23.8 Å². The Morgan fingerprint density at radius 1 is 1.05 bits per heavy atom. The molecule has 0 aliphatic carbocycles. The lowest BCUT2D eigenvalue weighted by molar-refractivity contribution is -0.114. The van der Waals surface area contributed by atoms with E-state index in [9.17, 15) is 9.59 Å². The number of amides is 2. The van der Waals surface area contributed by atoms with E-state index in [1.807, 2.05) is 50.2 Å². The largest absolute Gasteiger partial charge is 0.360 e. The Hall–Kier alpha value is -4.95. The molecule has 0 aliphatic rings. The SMILES string of the molecule is [C-]#[N+]c1cnc2c(Nc3cccc(C(=O)NCCN(C)C)c3)cc(Nc3ccc(C)c(NC(C)=O)c3)nn12. The van der Waals surface area contributed by atoms with Crippen molar-refractivity contribution in [1.29, 1.82) is 0 Å². The molecule has 2 aromatic heterocycles. The molecular weight excluding hydrogens is 482 g/mol. The number of hydrogen-bond acceptors (Lipinski definition) is 7. The second kappa shape index (κ2) is 11.4. The van der Waals surface area contributed by atoms with Crippen molar-refractivity contribution in [2.75, 3.05) is 43.1 Å². The lowest BCUT2D eigenvalue weighted by Gasteiger charge is -2.13. The molecule has 38 heavy (non-hydrogen) atoms. The lowest BCUT2D eigenvalue weighted by atomic mass is 10.1. The Bertz CT molecular complexity index is 1540. The van der Waals surface area contributed by atoms with Gasteiger partial charge < -0.3 is 31.0 Å². The van der Waals surface area contributed by atoms with Gasteiger partial charge in [0, 0.05) is 48.7 Å². The minimum Gasteiger partial charge on any atom is -0.360 e. The van der Waals surface area contributed by atoms with E-state index in [0.29, 0.717) is 46.3 Å². The van der Waals surface area contributed by atoms with Crippen molar-refractivity contribution in [1.82, 2.24) is 24.8 Å². The van der Waals surface area contributed by atoms with Crippen molar-refractivity contribution in [3.8, 4) is 0 Å². The van der Waals surface area contributed by atoms with Crippen molar-refractivity contribution < 1.29 is 9.59 Å². The highest BCUT2D eigenvalue weighted by Gasteiger charge is 2.16. The summed E-state index contributed by atoms with van der Waals surface area (Å²) in [4.78, 5) is 34.1.